The Morgan fingerprint density at radius 3 is 1.06 bits per heavy atom. The van der Waals surface area contributed by atoms with E-state index in [2.05, 4.69) is 31.3 Å². The van der Waals surface area contributed by atoms with Gasteiger partial charge in [0.15, 0.2) is 0 Å². The van der Waals surface area contributed by atoms with Crippen molar-refractivity contribution >= 4 is 11.9 Å². The molecule has 0 saturated carbocycles. The fourth-order valence-electron chi connectivity index (χ4n) is 10.0. The summed E-state index contributed by atoms with van der Waals surface area (Å²) in [4.78, 5) is 24.6. The molecule has 7 heteroatoms. The highest BCUT2D eigenvalue weighted by atomic mass is 16.5. The van der Waals surface area contributed by atoms with Crippen molar-refractivity contribution in [2.45, 2.75) is 366 Å². The number of aliphatic hydroxyl groups is 3. The molecule has 0 radical (unpaired) electrons. The quantitative estimate of drug-likeness (QED) is 0.0274. The highest BCUT2D eigenvalue weighted by molar-refractivity contribution is 5.76. The van der Waals surface area contributed by atoms with Crippen molar-refractivity contribution in [2.24, 2.45) is 0 Å². The van der Waals surface area contributed by atoms with Crippen LogP contribution in [0.5, 0.6) is 0 Å². The van der Waals surface area contributed by atoms with Crippen LogP contribution in [0.3, 0.4) is 0 Å². The van der Waals surface area contributed by atoms with E-state index in [1.165, 1.54) is 257 Å². The third-order valence-electron chi connectivity index (χ3n) is 14.9. The minimum atomic E-state index is -1.14. The van der Waals surface area contributed by atoms with E-state index in [4.69, 9.17) is 4.74 Å². The SMILES string of the molecule is CCCCCCCC/C=C\CCCCCCCC(=O)OCCCCCCCCCCCCCCCCCCCCCCCCCCC(=O)N[C@@H](CO)[C@H](O)[C@H](O)CCCCCCCCCCCCCC. The maximum atomic E-state index is 12.5. The lowest BCUT2D eigenvalue weighted by Gasteiger charge is -2.26. The van der Waals surface area contributed by atoms with Crippen LogP contribution >= 0.6 is 0 Å². The number of hydrogen-bond acceptors (Lipinski definition) is 6. The van der Waals surface area contributed by atoms with Crippen molar-refractivity contribution in [3.63, 3.8) is 0 Å². The summed E-state index contributed by atoms with van der Waals surface area (Å²) in [6.45, 7) is 4.77. The highest BCUT2D eigenvalue weighted by Gasteiger charge is 2.26. The molecule has 3 atom stereocenters. The summed E-state index contributed by atoms with van der Waals surface area (Å²) < 4.78 is 5.48. The molecule has 7 nitrogen and oxygen atoms in total. The molecule has 0 heterocycles. The van der Waals surface area contributed by atoms with Crippen LogP contribution in [-0.2, 0) is 14.3 Å². The normalized spacial score (nSPS) is 13.0. The van der Waals surface area contributed by atoms with Gasteiger partial charge in [0.1, 0.15) is 6.10 Å². The van der Waals surface area contributed by atoms with Crippen molar-refractivity contribution < 1.29 is 29.6 Å². The third kappa shape index (κ3) is 52.9. The number of nitrogens with one attached hydrogen (secondary N) is 1. The lowest BCUT2D eigenvalue weighted by Crippen LogP contribution is -2.50. The molecule has 0 spiro atoms. The molecule has 0 unspecified atom stereocenters. The zero-order valence-electron chi connectivity index (χ0n) is 47.1. The Bertz CT molecular complexity index is 1070. The second kappa shape index (κ2) is 58.4. The van der Waals surface area contributed by atoms with Gasteiger partial charge in [0.2, 0.25) is 5.91 Å². The zero-order chi connectivity index (χ0) is 50.9. The number of unbranched alkanes of at least 4 members (excludes halogenated alkanes) is 45. The van der Waals surface area contributed by atoms with Gasteiger partial charge in [0, 0.05) is 12.8 Å². The van der Waals surface area contributed by atoms with Gasteiger partial charge in [-0.25, -0.2) is 0 Å². The van der Waals surface area contributed by atoms with Gasteiger partial charge < -0.3 is 25.4 Å². The van der Waals surface area contributed by atoms with E-state index in [0.717, 1.165) is 57.8 Å². The van der Waals surface area contributed by atoms with Crippen LogP contribution in [-0.4, -0.2) is 58.7 Å². The van der Waals surface area contributed by atoms with Crippen molar-refractivity contribution in [1.82, 2.24) is 5.32 Å². The van der Waals surface area contributed by atoms with Crippen LogP contribution in [0.2, 0.25) is 0 Å². The topological polar surface area (TPSA) is 116 Å². The Morgan fingerprint density at radius 1 is 0.400 bits per heavy atom. The number of carbonyl (C=O) groups is 2. The summed E-state index contributed by atoms with van der Waals surface area (Å²) in [6.07, 6.45) is 66.8. The lowest BCUT2D eigenvalue weighted by molar-refractivity contribution is -0.143. The van der Waals surface area contributed by atoms with Crippen LogP contribution in [0.15, 0.2) is 12.2 Å². The molecule has 0 aromatic carbocycles. The summed E-state index contributed by atoms with van der Waals surface area (Å²) in [7, 11) is 0. The number of aliphatic hydroxyl groups excluding tert-OH is 3. The lowest BCUT2D eigenvalue weighted by atomic mass is 9.99. The molecule has 1 amide bonds. The van der Waals surface area contributed by atoms with Gasteiger partial charge in [-0.3, -0.25) is 9.59 Å². The van der Waals surface area contributed by atoms with Crippen molar-refractivity contribution in [1.29, 1.82) is 0 Å². The van der Waals surface area contributed by atoms with Gasteiger partial charge in [-0.15, -0.1) is 0 Å². The second-order valence-electron chi connectivity index (χ2n) is 21.9. The predicted octanol–water partition coefficient (Wildman–Crippen LogP) is 18.6. The first-order chi connectivity index (χ1) is 34.5. The average molecular weight is 991 g/mol. The molecule has 0 saturated heterocycles. The third-order valence-corrected chi connectivity index (χ3v) is 14.9. The number of carbonyl (C=O) groups excluding carboxylic acids is 2. The summed E-state index contributed by atoms with van der Waals surface area (Å²) in [5.41, 5.74) is 0. The van der Waals surface area contributed by atoms with Crippen molar-refractivity contribution in [2.75, 3.05) is 13.2 Å². The molecular formula is C63H123NO6. The largest absolute Gasteiger partial charge is 0.466 e. The van der Waals surface area contributed by atoms with Crippen LogP contribution in [0, 0.1) is 0 Å². The molecular weight excluding hydrogens is 867 g/mol. The number of ether oxygens (including phenoxy) is 1. The summed E-state index contributed by atoms with van der Waals surface area (Å²) >= 11 is 0. The molecule has 0 bridgehead atoms. The molecule has 0 aliphatic rings. The van der Waals surface area contributed by atoms with Crippen LogP contribution in [0.1, 0.15) is 348 Å². The zero-order valence-corrected chi connectivity index (χ0v) is 47.1. The number of hydrogen-bond donors (Lipinski definition) is 4. The summed E-state index contributed by atoms with van der Waals surface area (Å²) in [5, 5.41) is 33.7. The Kier molecular flexibility index (Phi) is 57.2. The number of amides is 1. The number of rotatable bonds is 59. The fourth-order valence-corrected chi connectivity index (χ4v) is 10.0. The first-order valence-corrected chi connectivity index (χ1v) is 31.5. The Morgan fingerprint density at radius 2 is 0.700 bits per heavy atom. The van der Waals surface area contributed by atoms with E-state index < -0.39 is 18.2 Å². The molecule has 0 aliphatic carbocycles. The van der Waals surface area contributed by atoms with Gasteiger partial charge in [0.05, 0.1) is 25.4 Å². The molecule has 70 heavy (non-hydrogen) atoms. The van der Waals surface area contributed by atoms with E-state index in [1.54, 1.807) is 0 Å². The Labute approximate surface area is 436 Å². The van der Waals surface area contributed by atoms with Crippen LogP contribution < -0.4 is 5.32 Å². The maximum Gasteiger partial charge on any atom is 0.305 e. The van der Waals surface area contributed by atoms with Gasteiger partial charge in [0.25, 0.3) is 0 Å². The number of esters is 1. The summed E-state index contributed by atoms with van der Waals surface area (Å²) in [6, 6.07) is -0.812. The minimum absolute atomic E-state index is 0.00456. The van der Waals surface area contributed by atoms with E-state index in [1.807, 2.05) is 0 Å². The molecule has 0 aliphatic heterocycles. The predicted molar refractivity (Wildman–Crippen MR) is 303 cm³/mol. The van der Waals surface area contributed by atoms with Crippen LogP contribution in [0.4, 0.5) is 0 Å². The van der Waals surface area contributed by atoms with Gasteiger partial charge in [-0.05, 0) is 51.4 Å². The maximum absolute atomic E-state index is 12.5. The van der Waals surface area contributed by atoms with E-state index in [0.29, 0.717) is 25.9 Å². The van der Waals surface area contributed by atoms with Crippen molar-refractivity contribution in [3.05, 3.63) is 12.2 Å². The van der Waals surface area contributed by atoms with E-state index in [-0.39, 0.29) is 18.5 Å². The van der Waals surface area contributed by atoms with Crippen molar-refractivity contribution in [3.8, 4) is 0 Å². The van der Waals surface area contributed by atoms with E-state index >= 15 is 0 Å². The molecule has 0 aromatic rings. The monoisotopic (exact) mass is 990 g/mol. The van der Waals surface area contributed by atoms with Gasteiger partial charge >= 0.3 is 5.97 Å². The molecule has 0 fully saturated rings. The summed E-state index contributed by atoms with van der Waals surface area (Å²) in [5.74, 6) is -0.141. The first kappa shape index (κ1) is 68.6. The molecule has 416 valence electrons. The molecule has 4 N–H and O–H groups in total. The Balaban J connectivity index is 3.40. The highest BCUT2D eigenvalue weighted by Crippen LogP contribution is 2.18. The van der Waals surface area contributed by atoms with E-state index in [9.17, 15) is 24.9 Å². The minimum Gasteiger partial charge on any atom is -0.466 e. The van der Waals surface area contributed by atoms with Gasteiger partial charge in [-0.1, -0.05) is 296 Å². The fraction of sp³-hybridized carbons (Fsp3) is 0.937. The first-order valence-electron chi connectivity index (χ1n) is 31.5. The van der Waals surface area contributed by atoms with Crippen LogP contribution in [0.25, 0.3) is 0 Å². The average Bonchev–Trinajstić information content (AvgIpc) is 3.36. The Hall–Kier alpha value is -1.44. The smallest absolute Gasteiger partial charge is 0.305 e. The molecule has 0 rings (SSSR count). The second-order valence-corrected chi connectivity index (χ2v) is 21.9. The number of allylic oxidation sites excluding steroid dienone is 2. The standard InChI is InChI=1S/C63H123NO6/c1-3-5-7-9-11-13-15-17-28-32-36-40-44-48-52-56-62(68)70-57-53-49-45-41-37-33-30-27-25-23-21-19-18-20-22-24-26-29-31-35-39-43-47-51-55-61(67)64-59(58-65)63(69)60(66)54-50-46-42-38-34-16-14-12-10-8-6-4-2/h17,28,59-60,63,65-66,69H,3-16,18-27,29-58H2,1-2H3,(H,64,67)/b28-17-/t59-,60+,63-/m0/s1. The molecule has 0 aromatic heterocycles. The van der Waals surface area contributed by atoms with Gasteiger partial charge in [-0.2, -0.15) is 0 Å².